The van der Waals surface area contributed by atoms with Gasteiger partial charge in [-0.1, -0.05) is 6.07 Å². The van der Waals surface area contributed by atoms with Gasteiger partial charge in [-0.15, -0.1) is 0 Å². The molecule has 106 valence electrons. The van der Waals surface area contributed by atoms with Crippen LogP contribution >= 0.6 is 0 Å². The Balaban J connectivity index is 1.92. The van der Waals surface area contributed by atoms with Gasteiger partial charge < -0.3 is 14.7 Å². The fraction of sp³-hybridized carbons (Fsp3) is 0.643. The van der Waals surface area contributed by atoms with E-state index in [-0.39, 0.29) is 0 Å². The number of hydrogen-bond acceptors (Lipinski definition) is 5. The lowest BCUT2D eigenvalue weighted by Crippen LogP contribution is -2.50. The molecule has 0 bridgehead atoms. The van der Waals surface area contributed by atoms with Crippen LogP contribution in [0, 0.1) is 0 Å². The van der Waals surface area contributed by atoms with E-state index < -0.39 is 5.60 Å². The van der Waals surface area contributed by atoms with E-state index in [2.05, 4.69) is 14.8 Å². The molecule has 1 saturated heterocycles. The molecule has 0 spiro atoms. The number of hydrogen-bond donors (Lipinski definition) is 1. The smallest absolute Gasteiger partial charge is 0.214 e. The molecule has 0 aromatic carbocycles. The highest BCUT2D eigenvalue weighted by molar-refractivity contribution is 5.41. The molecule has 0 amide bonds. The Labute approximate surface area is 114 Å². The minimum atomic E-state index is -0.629. The van der Waals surface area contributed by atoms with Crippen molar-refractivity contribution in [3.63, 3.8) is 0 Å². The lowest BCUT2D eigenvalue weighted by molar-refractivity contribution is 0.0344. The zero-order chi connectivity index (χ0) is 13.9. The van der Waals surface area contributed by atoms with E-state index in [4.69, 9.17) is 4.74 Å². The summed E-state index contributed by atoms with van der Waals surface area (Å²) in [5.74, 6) is 1.61. The van der Waals surface area contributed by atoms with Crippen LogP contribution in [0.2, 0.25) is 0 Å². The number of nitrogens with zero attached hydrogens (tertiary/aromatic N) is 3. The zero-order valence-corrected chi connectivity index (χ0v) is 12.0. The average Bonchev–Trinajstić information content (AvgIpc) is 2.38. The van der Waals surface area contributed by atoms with Gasteiger partial charge in [0.05, 0.1) is 12.7 Å². The zero-order valence-electron chi connectivity index (χ0n) is 12.0. The van der Waals surface area contributed by atoms with E-state index in [1.165, 1.54) is 0 Å². The molecular formula is C14H23N3O2. The Bertz CT molecular complexity index is 409. The number of methoxy groups -OCH3 is 1. The first-order valence-electron chi connectivity index (χ1n) is 6.69. The molecule has 0 radical (unpaired) electrons. The Hall–Kier alpha value is -1.33. The monoisotopic (exact) mass is 265 g/mol. The number of β-amino-alcohol motifs (C(OH)–C–C–N with tert-alkyl or cyclic N) is 1. The minimum Gasteiger partial charge on any atom is -0.481 e. The van der Waals surface area contributed by atoms with Crippen LogP contribution in [0.4, 0.5) is 5.82 Å². The van der Waals surface area contributed by atoms with Gasteiger partial charge in [-0.25, -0.2) is 0 Å². The first-order valence-corrected chi connectivity index (χ1v) is 6.69. The molecule has 0 atom stereocenters. The van der Waals surface area contributed by atoms with Crippen molar-refractivity contribution in [3.8, 4) is 5.88 Å². The molecule has 1 fully saturated rings. The largest absolute Gasteiger partial charge is 0.481 e. The van der Waals surface area contributed by atoms with Crippen molar-refractivity contribution in [2.75, 3.05) is 44.7 Å². The number of aliphatic hydroxyl groups is 1. The Morgan fingerprint density at radius 3 is 2.53 bits per heavy atom. The first-order chi connectivity index (χ1) is 8.98. The van der Waals surface area contributed by atoms with Crippen LogP contribution in [-0.2, 0) is 0 Å². The molecule has 2 heterocycles. The predicted octanol–water partition coefficient (Wildman–Crippen LogP) is 0.983. The highest BCUT2D eigenvalue weighted by atomic mass is 16.5. The van der Waals surface area contributed by atoms with E-state index in [9.17, 15) is 5.11 Å². The molecule has 5 heteroatoms. The van der Waals surface area contributed by atoms with Gasteiger partial charge in [0, 0.05) is 38.8 Å². The third-order valence-corrected chi connectivity index (χ3v) is 3.22. The van der Waals surface area contributed by atoms with Crippen LogP contribution < -0.4 is 9.64 Å². The molecule has 0 unspecified atom stereocenters. The lowest BCUT2D eigenvalue weighted by Gasteiger charge is -2.37. The summed E-state index contributed by atoms with van der Waals surface area (Å²) in [6.07, 6.45) is 0. The summed E-state index contributed by atoms with van der Waals surface area (Å²) in [5, 5.41) is 9.84. The molecular weight excluding hydrogens is 242 g/mol. The summed E-state index contributed by atoms with van der Waals surface area (Å²) in [7, 11) is 1.63. The van der Waals surface area contributed by atoms with E-state index in [1.54, 1.807) is 7.11 Å². The van der Waals surface area contributed by atoms with Gasteiger partial charge in [0.25, 0.3) is 0 Å². The summed E-state index contributed by atoms with van der Waals surface area (Å²) < 4.78 is 5.15. The Morgan fingerprint density at radius 2 is 1.95 bits per heavy atom. The van der Waals surface area contributed by atoms with Gasteiger partial charge in [0.15, 0.2) is 0 Å². The van der Waals surface area contributed by atoms with Crippen molar-refractivity contribution in [2.24, 2.45) is 0 Å². The van der Waals surface area contributed by atoms with E-state index >= 15 is 0 Å². The minimum absolute atomic E-state index is 0.629. The van der Waals surface area contributed by atoms with Crippen LogP contribution in [0.5, 0.6) is 5.88 Å². The number of rotatable bonds is 4. The van der Waals surface area contributed by atoms with E-state index in [0.717, 1.165) is 32.0 Å². The number of ether oxygens (including phenoxy) is 1. The lowest BCUT2D eigenvalue weighted by atomic mass is 10.1. The third-order valence-electron chi connectivity index (χ3n) is 3.22. The summed E-state index contributed by atoms with van der Waals surface area (Å²) in [5.41, 5.74) is -0.629. The molecule has 1 aliphatic rings. The highest BCUT2D eigenvalue weighted by Crippen LogP contribution is 2.18. The first kappa shape index (κ1) is 14.1. The molecule has 2 rings (SSSR count). The van der Waals surface area contributed by atoms with Crippen molar-refractivity contribution in [3.05, 3.63) is 18.2 Å². The van der Waals surface area contributed by atoms with Crippen molar-refractivity contribution < 1.29 is 9.84 Å². The predicted molar refractivity (Wildman–Crippen MR) is 75.7 cm³/mol. The van der Waals surface area contributed by atoms with E-state index in [0.29, 0.717) is 12.4 Å². The molecule has 1 aliphatic heterocycles. The number of anilines is 1. The van der Waals surface area contributed by atoms with E-state index in [1.807, 2.05) is 32.0 Å². The van der Waals surface area contributed by atoms with Gasteiger partial charge in [-0.2, -0.15) is 4.98 Å². The molecule has 1 aromatic heterocycles. The Morgan fingerprint density at radius 1 is 1.26 bits per heavy atom. The SMILES string of the molecule is COc1cccc(N2CCN(CC(C)(C)O)CC2)n1. The molecule has 1 aromatic rings. The summed E-state index contributed by atoms with van der Waals surface area (Å²) in [4.78, 5) is 8.99. The van der Waals surface area contributed by atoms with Crippen molar-refractivity contribution in [2.45, 2.75) is 19.4 Å². The van der Waals surface area contributed by atoms with Crippen molar-refractivity contribution in [1.29, 1.82) is 0 Å². The fourth-order valence-corrected chi connectivity index (χ4v) is 2.38. The number of aromatic nitrogens is 1. The summed E-state index contributed by atoms with van der Waals surface area (Å²) in [6.45, 7) is 8.16. The molecule has 0 aliphatic carbocycles. The number of pyridine rings is 1. The fourth-order valence-electron chi connectivity index (χ4n) is 2.38. The molecule has 1 N–H and O–H groups in total. The number of piperazine rings is 1. The second-order valence-corrected chi connectivity index (χ2v) is 5.61. The maximum Gasteiger partial charge on any atom is 0.214 e. The normalized spacial score (nSPS) is 17.6. The quantitative estimate of drug-likeness (QED) is 0.879. The summed E-state index contributed by atoms with van der Waals surface area (Å²) >= 11 is 0. The Kier molecular flexibility index (Phi) is 4.27. The van der Waals surface area contributed by atoms with Gasteiger partial charge in [0.1, 0.15) is 5.82 Å². The maximum atomic E-state index is 9.84. The molecule has 5 nitrogen and oxygen atoms in total. The van der Waals surface area contributed by atoms with Gasteiger partial charge >= 0.3 is 0 Å². The maximum absolute atomic E-state index is 9.84. The van der Waals surface area contributed by atoms with Crippen molar-refractivity contribution >= 4 is 5.82 Å². The van der Waals surface area contributed by atoms with Crippen LogP contribution in [0.15, 0.2) is 18.2 Å². The molecule has 0 saturated carbocycles. The third kappa shape index (κ3) is 4.08. The second-order valence-electron chi connectivity index (χ2n) is 5.61. The van der Waals surface area contributed by atoms with Crippen LogP contribution in [0.3, 0.4) is 0 Å². The van der Waals surface area contributed by atoms with Crippen LogP contribution in [0.1, 0.15) is 13.8 Å². The average molecular weight is 265 g/mol. The summed E-state index contributed by atoms with van der Waals surface area (Å²) in [6, 6.07) is 5.83. The van der Waals surface area contributed by atoms with Gasteiger partial charge in [-0.05, 0) is 19.9 Å². The van der Waals surface area contributed by atoms with Crippen LogP contribution in [-0.4, -0.2) is 60.4 Å². The standard InChI is InChI=1S/C14H23N3O2/c1-14(2,18)11-16-7-9-17(10-8-16)12-5-4-6-13(15-12)19-3/h4-6,18H,7-11H2,1-3H3. The van der Waals surface area contributed by atoms with Crippen LogP contribution in [0.25, 0.3) is 0 Å². The highest BCUT2D eigenvalue weighted by Gasteiger charge is 2.23. The van der Waals surface area contributed by atoms with Gasteiger partial charge in [-0.3, -0.25) is 4.90 Å². The van der Waals surface area contributed by atoms with Crippen molar-refractivity contribution in [1.82, 2.24) is 9.88 Å². The van der Waals surface area contributed by atoms with Gasteiger partial charge in [0.2, 0.25) is 5.88 Å². The second kappa shape index (κ2) is 5.75. The topological polar surface area (TPSA) is 48.8 Å². The molecule has 19 heavy (non-hydrogen) atoms.